The summed E-state index contributed by atoms with van der Waals surface area (Å²) in [6.07, 6.45) is 0. The Kier molecular flexibility index (Phi) is 3.77. The number of para-hydroxylation sites is 2. The Morgan fingerprint density at radius 2 is 1.52 bits per heavy atom. The third kappa shape index (κ3) is 2.65. The predicted octanol–water partition coefficient (Wildman–Crippen LogP) is 4.87. The van der Waals surface area contributed by atoms with Gasteiger partial charge in [-0.1, -0.05) is 24.3 Å². The Morgan fingerprint density at radius 1 is 0.815 bits per heavy atom. The number of fused-ring (bicyclic) bond motifs is 3. The van der Waals surface area contributed by atoms with E-state index in [9.17, 15) is 24.2 Å². The lowest BCUT2D eigenvalue weighted by Crippen LogP contribution is -1.99. The third-order valence-corrected chi connectivity index (χ3v) is 4.25. The van der Waals surface area contributed by atoms with Crippen molar-refractivity contribution in [2.24, 2.45) is 0 Å². The molecule has 0 saturated carbocycles. The fourth-order valence-corrected chi connectivity index (χ4v) is 3.05. The monoisotopic (exact) mass is 365 g/mol. The standard InChI is InChI=1S/C20H12FNO5/c21-13-6-1-2-7-14(13)22-15-9-8-12(20(25)26)18-16(15)10-4-3-5-11(19(23)24)17(10)27-18/h1-9,22H,(H,23,24)(H,25,26). The van der Waals surface area contributed by atoms with Gasteiger partial charge in [-0.05, 0) is 30.3 Å². The van der Waals surface area contributed by atoms with Crippen molar-refractivity contribution in [1.82, 2.24) is 0 Å². The predicted molar refractivity (Wildman–Crippen MR) is 97.3 cm³/mol. The van der Waals surface area contributed by atoms with Gasteiger partial charge in [0.05, 0.1) is 16.8 Å². The fourth-order valence-electron chi connectivity index (χ4n) is 3.05. The molecule has 4 rings (SSSR count). The lowest BCUT2D eigenvalue weighted by Gasteiger charge is -2.09. The van der Waals surface area contributed by atoms with E-state index in [4.69, 9.17) is 4.42 Å². The van der Waals surface area contributed by atoms with Gasteiger partial charge in [-0.15, -0.1) is 0 Å². The van der Waals surface area contributed by atoms with Crippen molar-refractivity contribution in [3.63, 3.8) is 0 Å². The molecule has 0 radical (unpaired) electrons. The molecule has 0 aliphatic carbocycles. The minimum atomic E-state index is -1.21. The molecule has 0 atom stereocenters. The zero-order chi connectivity index (χ0) is 19.1. The molecule has 0 aliphatic heterocycles. The Morgan fingerprint density at radius 3 is 2.22 bits per heavy atom. The van der Waals surface area contributed by atoms with Gasteiger partial charge in [0, 0.05) is 5.39 Å². The molecular formula is C20H12FNO5. The molecule has 3 N–H and O–H groups in total. The summed E-state index contributed by atoms with van der Waals surface area (Å²) in [4.78, 5) is 23.1. The second kappa shape index (κ2) is 6.14. The van der Waals surface area contributed by atoms with E-state index in [1.165, 1.54) is 30.3 Å². The van der Waals surface area contributed by atoms with Crippen molar-refractivity contribution in [3.8, 4) is 0 Å². The van der Waals surface area contributed by atoms with Crippen LogP contribution in [0.5, 0.6) is 0 Å². The zero-order valence-electron chi connectivity index (χ0n) is 13.7. The number of halogens is 1. The summed E-state index contributed by atoms with van der Waals surface area (Å²) in [5.74, 6) is -2.89. The molecule has 3 aromatic carbocycles. The van der Waals surface area contributed by atoms with Gasteiger partial charge in [-0.25, -0.2) is 14.0 Å². The summed E-state index contributed by atoms with van der Waals surface area (Å²) in [6, 6.07) is 13.4. The van der Waals surface area contributed by atoms with Gasteiger partial charge in [-0.2, -0.15) is 0 Å². The van der Waals surface area contributed by atoms with E-state index in [1.54, 1.807) is 24.3 Å². The van der Waals surface area contributed by atoms with Gasteiger partial charge in [0.15, 0.2) is 5.58 Å². The van der Waals surface area contributed by atoms with E-state index in [-0.39, 0.29) is 28.0 Å². The molecule has 27 heavy (non-hydrogen) atoms. The van der Waals surface area contributed by atoms with Crippen molar-refractivity contribution < 1.29 is 28.6 Å². The van der Waals surface area contributed by atoms with Crippen LogP contribution in [0.3, 0.4) is 0 Å². The van der Waals surface area contributed by atoms with Crippen LogP contribution in [0, 0.1) is 5.82 Å². The van der Waals surface area contributed by atoms with Crippen molar-refractivity contribution in [3.05, 3.63) is 71.5 Å². The Hall–Kier alpha value is -3.87. The number of rotatable bonds is 4. The number of carbonyl (C=O) groups is 2. The molecule has 0 bridgehead atoms. The minimum Gasteiger partial charge on any atom is -0.478 e. The number of aromatic carboxylic acids is 2. The van der Waals surface area contributed by atoms with E-state index in [0.29, 0.717) is 16.5 Å². The topological polar surface area (TPSA) is 99.8 Å². The Labute approximate surface area is 151 Å². The van der Waals surface area contributed by atoms with Gasteiger partial charge in [0.2, 0.25) is 0 Å². The van der Waals surface area contributed by atoms with Crippen LogP contribution in [-0.2, 0) is 0 Å². The number of hydrogen-bond donors (Lipinski definition) is 3. The van der Waals surface area contributed by atoms with E-state index in [1.807, 2.05) is 0 Å². The van der Waals surface area contributed by atoms with Crippen LogP contribution < -0.4 is 5.32 Å². The first kappa shape index (κ1) is 16.6. The molecule has 0 aliphatic rings. The molecule has 7 heteroatoms. The van der Waals surface area contributed by atoms with Crippen LogP contribution in [-0.4, -0.2) is 22.2 Å². The number of anilines is 2. The first-order valence-corrected chi connectivity index (χ1v) is 7.93. The highest BCUT2D eigenvalue weighted by molar-refractivity contribution is 6.19. The fraction of sp³-hybridized carbons (Fsp3) is 0. The molecule has 0 unspecified atom stereocenters. The number of carboxylic acid groups (broad SMARTS) is 2. The number of hydrogen-bond acceptors (Lipinski definition) is 4. The quantitative estimate of drug-likeness (QED) is 0.477. The van der Waals surface area contributed by atoms with Crippen molar-refractivity contribution in [2.75, 3.05) is 5.32 Å². The maximum absolute atomic E-state index is 14.0. The van der Waals surface area contributed by atoms with Crippen LogP contribution >= 0.6 is 0 Å². The summed E-state index contributed by atoms with van der Waals surface area (Å²) < 4.78 is 19.7. The van der Waals surface area contributed by atoms with Crippen LogP contribution in [0.1, 0.15) is 20.7 Å². The highest BCUT2D eigenvalue weighted by atomic mass is 19.1. The maximum Gasteiger partial charge on any atom is 0.339 e. The van der Waals surface area contributed by atoms with Crippen LogP contribution in [0.4, 0.5) is 15.8 Å². The summed E-state index contributed by atoms with van der Waals surface area (Å²) in [5, 5.41) is 22.6. The normalized spacial score (nSPS) is 11.0. The third-order valence-electron chi connectivity index (χ3n) is 4.25. The molecule has 4 aromatic rings. The van der Waals surface area contributed by atoms with Crippen LogP contribution in [0.25, 0.3) is 21.9 Å². The Bertz CT molecular complexity index is 1230. The molecule has 0 amide bonds. The summed E-state index contributed by atoms with van der Waals surface area (Å²) in [6.45, 7) is 0. The summed E-state index contributed by atoms with van der Waals surface area (Å²) in [5.41, 5.74) is 0.485. The highest BCUT2D eigenvalue weighted by Crippen LogP contribution is 2.39. The van der Waals surface area contributed by atoms with E-state index < -0.39 is 17.8 Å². The van der Waals surface area contributed by atoms with E-state index in [2.05, 4.69) is 5.32 Å². The number of benzene rings is 3. The van der Waals surface area contributed by atoms with E-state index in [0.717, 1.165) is 0 Å². The average Bonchev–Trinajstić information content (AvgIpc) is 3.03. The molecule has 1 heterocycles. The van der Waals surface area contributed by atoms with Gasteiger partial charge in [0.1, 0.15) is 22.5 Å². The number of nitrogens with one attached hydrogen (secondary N) is 1. The summed E-state index contributed by atoms with van der Waals surface area (Å²) >= 11 is 0. The highest BCUT2D eigenvalue weighted by Gasteiger charge is 2.22. The second-order valence-corrected chi connectivity index (χ2v) is 5.86. The molecule has 1 aromatic heterocycles. The Balaban J connectivity index is 2.06. The van der Waals surface area contributed by atoms with Crippen molar-refractivity contribution in [2.45, 2.75) is 0 Å². The maximum atomic E-state index is 14.0. The first-order valence-electron chi connectivity index (χ1n) is 7.93. The lowest BCUT2D eigenvalue weighted by molar-refractivity contribution is 0.0688. The molecule has 0 spiro atoms. The minimum absolute atomic E-state index is 0.0209. The van der Waals surface area contributed by atoms with Crippen LogP contribution in [0.2, 0.25) is 0 Å². The molecule has 134 valence electrons. The number of furan rings is 1. The molecule has 0 saturated heterocycles. The second-order valence-electron chi connectivity index (χ2n) is 5.86. The van der Waals surface area contributed by atoms with Gasteiger partial charge in [-0.3, -0.25) is 0 Å². The average molecular weight is 365 g/mol. The summed E-state index contributed by atoms with van der Waals surface area (Å²) in [7, 11) is 0. The SMILES string of the molecule is O=C(O)c1cccc2c1oc1c(C(=O)O)ccc(Nc3ccccc3F)c12. The van der Waals surface area contributed by atoms with Gasteiger partial charge < -0.3 is 19.9 Å². The van der Waals surface area contributed by atoms with E-state index >= 15 is 0 Å². The molecular weight excluding hydrogens is 353 g/mol. The van der Waals surface area contributed by atoms with Crippen molar-refractivity contribution >= 4 is 45.3 Å². The smallest absolute Gasteiger partial charge is 0.339 e. The van der Waals surface area contributed by atoms with Gasteiger partial charge >= 0.3 is 11.9 Å². The number of carboxylic acids is 2. The molecule has 0 fully saturated rings. The van der Waals surface area contributed by atoms with Crippen LogP contribution in [0.15, 0.2) is 59.0 Å². The van der Waals surface area contributed by atoms with Crippen molar-refractivity contribution in [1.29, 1.82) is 0 Å². The zero-order valence-corrected chi connectivity index (χ0v) is 13.7. The molecule has 6 nitrogen and oxygen atoms in total. The first-order chi connectivity index (χ1) is 13.0. The largest absolute Gasteiger partial charge is 0.478 e. The lowest BCUT2D eigenvalue weighted by atomic mass is 10.0. The van der Waals surface area contributed by atoms with Gasteiger partial charge in [0.25, 0.3) is 0 Å².